The SMILES string of the molecule is CCCCN(CCCC)c1ncc(Br)c(-c2ccc(C(=O)NS(=O)(=O)c3ccc4cccc(Cl)c4c3)cc2C(=O)N2CCc3ccccc3C2)n1. The summed E-state index contributed by atoms with van der Waals surface area (Å²) in [5.41, 5.74) is 3.51. The van der Waals surface area contributed by atoms with Crippen molar-refractivity contribution in [2.24, 2.45) is 0 Å². The van der Waals surface area contributed by atoms with Crippen LogP contribution in [0.15, 0.2) is 94.4 Å². The Labute approximate surface area is 312 Å². The fourth-order valence-electron chi connectivity index (χ4n) is 6.24. The van der Waals surface area contributed by atoms with E-state index in [1.54, 1.807) is 35.4 Å². The van der Waals surface area contributed by atoms with Crippen molar-refractivity contribution in [1.29, 1.82) is 0 Å². The van der Waals surface area contributed by atoms with Crippen molar-refractivity contribution in [1.82, 2.24) is 19.6 Å². The molecule has 0 spiro atoms. The van der Waals surface area contributed by atoms with Gasteiger partial charge in [0.1, 0.15) is 0 Å². The zero-order valence-corrected chi connectivity index (χ0v) is 31.7. The van der Waals surface area contributed by atoms with Gasteiger partial charge in [0, 0.05) is 59.5 Å². The summed E-state index contributed by atoms with van der Waals surface area (Å²) >= 11 is 9.96. The number of hydrogen-bond acceptors (Lipinski definition) is 7. The quantitative estimate of drug-likeness (QED) is 0.135. The minimum absolute atomic E-state index is 0.0137. The van der Waals surface area contributed by atoms with Crippen molar-refractivity contribution in [3.63, 3.8) is 0 Å². The molecule has 0 radical (unpaired) electrons. The van der Waals surface area contributed by atoms with Gasteiger partial charge in [-0.1, -0.05) is 86.8 Å². The van der Waals surface area contributed by atoms with Crippen LogP contribution < -0.4 is 9.62 Å². The first kappa shape index (κ1) is 36.5. The Morgan fingerprint density at radius 1 is 0.941 bits per heavy atom. The van der Waals surface area contributed by atoms with Crippen molar-refractivity contribution < 1.29 is 18.0 Å². The second kappa shape index (κ2) is 15.9. The van der Waals surface area contributed by atoms with Gasteiger partial charge in [-0.25, -0.2) is 23.1 Å². The summed E-state index contributed by atoms with van der Waals surface area (Å²) in [6, 6.07) is 22.4. The van der Waals surface area contributed by atoms with Gasteiger partial charge in [0.15, 0.2) is 0 Å². The summed E-state index contributed by atoms with van der Waals surface area (Å²) in [4.78, 5) is 41.5. The molecule has 0 saturated heterocycles. The van der Waals surface area contributed by atoms with Crippen LogP contribution in [0.2, 0.25) is 5.02 Å². The van der Waals surface area contributed by atoms with E-state index in [1.807, 2.05) is 24.3 Å². The number of amides is 2. The third-order valence-electron chi connectivity index (χ3n) is 9.10. The standard InChI is InChI=1S/C39H39BrClN5O4S/c1-3-5-19-45(20-6-4-2)39-42-24-34(40)36(43-39)31-17-15-28(22-33(31)38(48)46-21-18-26-10-7-8-11-29(26)25-46)37(47)44-51(49,50)30-16-14-27-12-9-13-35(41)32(27)23-30/h7-17,22-24H,3-6,18-21,25H2,1-2H3,(H,44,47). The highest BCUT2D eigenvalue weighted by Gasteiger charge is 2.28. The third-order valence-corrected chi connectivity index (χ3v) is 11.3. The minimum atomic E-state index is -4.29. The lowest BCUT2D eigenvalue weighted by atomic mass is 9.96. The van der Waals surface area contributed by atoms with Gasteiger partial charge in [-0.3, -0.25) is 9.59 Å². The molecule has 6 rings (SSSR count). The van der Waals surface area contributed by atoms with E-state index in [0.717, 1.165) is 49.7 Å². The summed E-state index contributed by atoms with van der Waals surface area (Å²) in [7, 11) is -4.29. The molecule has 4 aromatic carbocycles. The van der Waals surface area contributed by atoms with Crippen LogP contribution in [0.1, 0.15) is 71.4 Å². The summed E-state index contributed by atoms with van der Waals surface area (Å²) in [5.74, 6) is -0.600. The van der Waals surface area contributed by atoms with Crippen molar-refractivity contribution in [3.8, 4) is 11.3 Å². The first-order valence-electron chi connectivity index (χ1n) is 17.1. The number of halogens is 2. The Balaban J connectivity index is 1.39. The molecule has 0 aliphatic carbocycles. The third kappa shape index (κ3) is 8.11. The number of fused-ring (bicyclic) bond motifs is 2. The van der Waals surface area contributed by atoms with E-state index in [9.17, 15) is 18.0 Å². The molecule has 51 heavy (non-hydrogen) atoms. The van der Waals surface area contributed by atoms with Gasteiger partial charge in [0.05, 0.1) is 15.1 Å². The number of carbonyl (C=O) groups excluding carboxylic acids is 2. The maximum Gasteiger partial charge on any atom is 0.265 e. The second-order valence-electron chi connectivity index (χ2n) is 12.6. The van der Waals surface area contributed by atoms with Crippen molar-refractivity contribution >= 4 is 66.1 Å². The maximum absolute atomic E-state index is 14.4. The van der Waals surface area contributed by atoms with E-state index >= 15 is 0 Å². The number of sulfonamides is 1. The number of nitrogens with zero attached hydrogens (tertiary/aromatic N) is 4. The molecule has 0 unspecified atom stereocenters. The summed E-state index contributed by atoms with van der Waals surface area (Å²) in [6.45, 7) is 6.78. The Morgan fingerprint density at radius 3 is 2.43 bits per heavy atom. The highest BCUT2D eigenvalue weighted by molar-refractivity contribution is 9.10. The molecule has 264 valence electrons. The molecular formula is C39H39BrClN5O4S. The molecule has 0 fully saturated rings. The van der Waals surface area contributed by atoms with Crippen LogP contribution in [-0.2, 0) is 23.0 Å². The number of unbranched alkanes of at least 4 members (excludes halogenated alkanes) is 2. The average Bonchev–Trinajstić information content (AvgIpc) is 3.14. The number of anilines is 1. The highest BCUT2D eigenvalue weighted by atomic mass is 79.9. The molecule has 1 N–H and O–H groups in total. The predicted molar refractivity (Wildman–Crippen MR) is 206 cm³/mol. The van der Waals surface area contributed by atoms with Crippen LogP contribution in [0, 0.1) is 0 Å². The van der Waals surface area contributed by atoms with E-state index in [4.69, 9.17) is 16.6 Å². The lowest BCUT2D eigenvalue weighted by Crippen LogP contribution is -2.36. The van der Waals surface area contributed by atoms with Crippen LogP contribution in [0.25, 0.3) is 22.0 Å². The smallest absolute Gasteiger partial charge is 0.265 e. The summed E-state index contributed by atoms with van der Waals surface area (Å²) in [6.07, 6.45) is 6.40. The number of benzene rings is 4. The molecular weight excluding hydrogens is 750 g/mol. The Kier molecular flexibility index (Phi) is 11.4. The molecule has 1 aliphatic rings. The van der Waals surface area contributed by atoms with Crippen LogP contribution in [0.4, 0.5) is 5.95 Å². The summed E-state index contributed by atoms with van der Waals surface area (Å²) < 4.78 is 29.7. The lowest BCUT2D eigenvalue weighted by Gasteiger charge is -2.30. The van der Waals surface area contributed by atoms with Crippen molar-refractivity contribution in [2.75, 3.05) is 24.5 Å². The lowest BCUT2D eigenvalue weighted by molar-refractivity contribution is 0.0735. The van der Waals surface area contributed by atoms with E-state index < -0.39 is 15.9 Å². The van der Waals surface area contributed by atoms with Crippen molar-refractivity contribution in [2.45, 2.75) is 57.4 Å². The van der Waals surface area contributed by atoms with Gasteiger partial charge in [-0.2, -0.15) is 0 Å². The molecule has 2 heterocycles. The summed E-state index contributed by atoms with van der Waals surface area (Å²) in [5, 5.41) is 1.71. The van der Waals surface area contributed by atoms with Gasteiger partial charge in [-0.05, 0) is 82.0 Å². The number of hydrogen-bond donors (Lipinski definition) is 1. The zero-order chi connectivity index (χ0) is 36.1. The largest absolute Gasteiger partial charge is 0.341 e. The molecule has 9 nitrogen and oxygen atoms in total. The van der Waals surface area contributed by atoms with Crippen LogP contribution in [0.3, 0.4) is 0 Å². The monoisotopic (exact) mass is 787 g/mol. The fraction of sp³-hybridized carbons (Fsp3) is 0.282. The topological polar surface area (TPSA) is 113 Å². The van der Waals surface area contributed by atoms with Gasteiger partial charge in [0.25, 0.3) is 21.8 Å². The van der Waals surface area contributed by atoms with Crippen LogP contribution >= 0.6 is 27.5 Å². The van der Waals surface area contributed by atoms with E-state index in [1.165, 1.54) is 29.8 Å². The van der Waals surface area contributed by atoms with E-state index in [2.05, 4.69) is 50.4 Å². The normalized spacial score (nSPS) is 12.8. The molecule has 1 aromatic heterocycles. The first-order chi connectivity index (χ1) is 24.6. The minimum Gasteiger partial charge on any atom is -0.341 e. The van der Waals surface area contributed by atoms with Crippen LogP contribution in [-0.4, -0.2) is 54.7 Å². The average molecular weight is 789 g/mol. The molecule has 0 saturated carbocycles. The zero-order valence-electron chi connectivity index (χ0n) is 28.5. The molecule has 1 aliphatic heterocycles. The van der Waals surface area contributed by atoms with E-state index in [-0.39, 0.29) is 21.9 Å². The van der Waals surface area contributed by atoms with Gasteiger partial charge in [0.2, 0.25) is 5.95 Å². The molecule has 2 amide bonds. The molecule has 5 aromatic rings. The first-order valence-corrected chi connectivity index (χ1v) is 19.8. The fourth-order valence-corrected chi connectivity index (χ4v) is 7.88. The maximum atomic E-state index is 14.4. The van der Waals surface area contributed by atoms with Gasteiger partial charge < -0.3 is 9.80 Å². The van der Waals surface area contributed by atoms with Gasteiger partial charge in [-0.15, -0.1) is 0 Å². The molecule has 0 atom stereocenters. The molecule has 12 heteroatoms. The van der Waals surface area contributed by atoms with Gasteiger partial charge >= 0.3 is 0 Å². The predicted octanol–water partition coefficient (Wildman–Crippen LogP) is 8.44. The number of carbonyl (C=O) groups is 2. The second-order valence-corrected chi connectivity index (χ2v) is 15.6. The highest BCUT2D eigenvalue weighted by Crippen LogP contribution is 2.33. The number of rotatable bonds is 12. The number of aromatic nitrogens is 2. The molecule has 0 bridgehead atoms. The van der Waals surface area contributed by atoms with Crippen molar-refractivity contribution in [3.05, 3.63) is 117 Å². The Morgan fingerprint density at radius 2 is 1.69 bits per heavy atom. The number of nitrogens with one attached hydrogen (secondary N) is 1. The Hall–Kier alpha value is -4.32. The van der Waals surface area contributed by atoms with E-state index in [0.29, 0.717) is 51.6 Å². The Bertz CT molecular complexity index is 2210. The van der Waals surface area contributed by atoms with Crippen LogP contribution in [0.5, 0.6) is 0 Å².